The molecule has 0 fully saturated rings. The highest BCUT2D eigenvalue weighted by Crippen LogP contribution is 2.19. The molecular weight excluding hydrogens is 224 g/mol. The number of carbonyl (C=O) groups is 1. The number of aliphatic carboxylic acids is 1. The van der Waals surface area contributed by atoms with E-state index in [9.17, 15) is 4.79 Å². The van der Waals surface area contributed by atoms with Crippen molar-refractivity contribution in [2.75, 3.05) is 0 Å². The molecule has 1 N–H and O–H groups in total. The molecule has 0 rings (SSSR count). The van der Waals surface area contributed by atoms with Gasteiger partial charge in [-0.15, -0.1) is 0 Å². The van der Waals surface area contributed by atoms with E-state index < -0.39 is 26.6 Å². The lowest BCUT2D eigenvalue weighted by molar-refractivity contribution is -0.136. The molecule has 106 valence electrons. The van der Waals surface area contributed by atoms with Crippen molar-refractivity contribution in [3.63, 3.8) is 0 Å². The number of carboxylic acid groups (broad SMARTS) is 1. The van der Waals surface area contributed by atoms with Crippen LogP contribution in [0.5, 0.6) is 0 Å². The van der Waals surface area contributed by atoms with Gasteiger partial charge in [-0.25, -0.2) is 0 Å². The van der Waals surface area contributed by atoms with Gasteiger partial charge in [-0.3, -0.25) is 4.79 Å². The highest BCUT2D eigenvalue weighted by Gasteiger charge is 2.03. The second-order valence-corrected chi connectivity index (χ2v) is 4.94. The van der Waals surface area contributed by atoms with E-state index >= 15 is 0 Å². The van der Waals surface area contributed by atoms with Crippen molar-refractivity contribution in [1.29, 1.82) is 0 Å². The van der Waals surface area contributed by atoms with Crippen LogP contribution in [-0.4, -0.2) is 11.1 Å². The first-order chi connectivity index (χ1) is 11.1. The van der Waals surface area contributed by atoms with Crippen molar-refractivity contribution >= 4 is 5.97 Å². The Kier molecular flexibility index (Phi) is 5.18. The Bertz CT molecular complexity index is 385. The fraction of sp³-hybridized carbons (Fsp3) is 0.812. The first kappa shape index (κ1) is 9.17. The zero-order valence-corrected chi connectivity index (χ0v) is 11.3. The molecule has 0 aromatic carbocycles. The Morgan fingerprint density at radius 2 is 2.06 bits per heavy atom. The van der Waals surface area contributed by atoms with E-state index in [2.05, 4.69) is 0 Å². The van der Waals surface area contributed by atoms with E-state index in [1.807, 2.05) is 6.92 Å². The number of allylic oxidation sites excluding steroid dienone is 1. The minimum atomic E-state index is -1.18. The van der Waals surface area contributed by atoms with Gasteiger partial charge in [0, 0.05) is 8.22 Å². The molecule has 0 aliphatic heterocycles. The molecule has 0 amide bonds. The molecule has 18 heavy (non-hydrogen) atoms. The lowest BCUT2D eigenvalue weighted by Crippen LogP contribution is -1.97. The van der Waals surface area contributed by atoms with Gasteiger partial charge >= 0.3 is 5.97 Å². The van der Waals surface area contributed by atoms with E-state index in [1.54, 1.807) is 0 Å². The van der Waals surface area contributed by atoms with Gasteiger partial charge < -0.3 is 5.11 Å². The van der Waals surface area contributed by atoms with Crippen LogP contribution < -0.4 is 0 Å². The van der Waals surface area contributed by atoms with Crippen LogP contribution in [0.4, 0.5) is 0 Å². The molecule has 2 nitrogen and oxygen atoms in total. The molecule has 0 heterocycles. The third-order valence-corrected chi connectivity index (χ3v) is 2.81. The molecule has 0 aromatic heterocycles. The van der Waals surface area contributed by atoms with Gasteiger partial charge in [0.25, 0.3) is 0 Å². The summed E-state index contributed by atoms with van der Waals surface area (Å²) in [5.41, 5.74) is 0.475. The van der Waals surface area contributed by atoms with Gasteiger partial charge in [0.15, 0.2) is 0 Å². The van der Waals surface area contributed by atoms with E-state index in [0.29, 0.717) is 31.3 Å². The summed E-state index contributed by atoms with van der Waals surface area (Å²) < 4.78 is 44.8. The van der Waals surface area contributed by atoms with E-state index in [1.165, 1.54) is 6.08 Å². The quantitative estimate of drug-likeness (QED) is 0.559. The maximum Gasteiger partial charge on any atom is 0.307 e. The van der Waals surface area contributed by atoms with E-state index in [4.69, 9.17) is 13.3 Å². The average molecular weight is 260 g/mol. The van der Waals surface area contributed by atoms with Crippen molar-refractivity contribution in [3.05, 3.63) is 11.6 Å². The van der Waals surface area contributed by atoms with E-state index in [0.717, 1.165) is 12.8 Å². The molecule has 0 aromatic rings. The predicted octanol–water partition coefficient (Wildman–Crippen LogP) is 5.04. The Morgan fingerprint density at radius 3 is 2.67 bits per heavy atom. The number of hydrogen-bond acceptors (Lipinski definition) is 1. The average Bonchev–Trinajstić information content (AvgIpc) is 2.47. The van der Waals surface area contributed by atoms with Crippen LogP contribution in [0.1, 0.15) is 80.7 Å². The normalized spacial score (nSPS) is 20.8. The summed E-state index contributed by atoms with van der Waals surface area (Å²) in [7, 11) is 0. The Labute approximate surface area is 121 Å². The standard InChI is InChI=1S/C16H30O2/c1-13(2)7-5-8-14(3)9-6-10-15(4)11-12-16(17)18/h11,13-14H,5-10,12H2,1-4H3,(H,17,18)/i1D2,3D2,4D2. The third-order valence-electron chi connectivity index (χ3n) is 2.81. The lowest BCUT2D eigenvalue weighted by atomic mass is 9.94. The molecule has 0 saturated carbocycles. The minimum absolute atomic E-state index is 0.0153. The predicted molar refractivity (Wildman–Crippen MR) is 77.7 cm³/mol. The molecular formula is C16H30O2. The number of hydrogen-bond donors (Lipinski definition) is 1. The summed E-state index contributed by atoms with van der Waals surface area (Å²) in [6, 6.07) is 0. The van der Waals surface area contributed by atoms with Crippen molar-refractivity contribution in [2.24, 2.45) is 11.8 Å². The fourth-order valence-electron chi connectivity index (χ4n) is 1.74. The zero-order valence-electron chi connectivity index (χ0n) is 17.3. The summed E-state index contributed by atoms with van der Waals surface area (Å²) in [5, 5.41) is 8.67. The maximum atomic E-state index is 10.6. The van der Waals surface area contributed by atoms with Crippen LogP contribution in [0.15, 0.2) is 11.6 Å². The fourth-order valence-corrected chi connectivity index (χ4v) is 1.74. The number of rotatable bonds is 10. The van der Waals surface area contributed by atoms with Crippen LogP contribution >= 0.6 is 0 Å². The first-order valence-electron chi connectivity index (χ1n) is 10.1. The maximum absolute atomic E-state index is 10.6. The Balaban J connectivity index is 4.32. The summed E-state index contributed by atoms with van der Waals surface area (Å²) in [6.07, 6.45) is 5.18. The lowest BCUT2D eigenvalue weighted by Gasteiger charge is -2.12. The molecule has 2 heteroatoms. The van der Waals surface area contributed by atoms with Crippen molar-refractivity contribution < 1.29 is 18.1 Å². The Hall–Kier alpha value is -0.790. The molecule has 2 unspecified atom stereocenters. The van der Waals surface area contributed by atoms with Crippen molar-refractivity contribution in [3.8, 4) is 0 Å². The highest BCUT2D eigenvalue weighted by atomic mass is 16.4. The van der Waals surface area contributed by atoms with Crippen LogP contribution in [0.2, 0.25) is 0 Å². The van der Waals surface area contributed by atoms with E-state index in [-0.39, 0.29) is 18.3 Å². The summed E-state index contributed by atoms with van der Waals surface area (Å²) >= 11 is 0. The summed E-state index contributed by atoms with van der Waals surface area (Å²) in [4.78, 5) is 10.6. The van der Waals surface area contributed by atoms with Gasteiger partial charge in [-0.05, 0) is 31.6 Å². The van der Waals surface area contributed by atoms with Crippen molar-refractivity contribution in [1.82, 2.24) is 0 Å². The minimum Gasteiger partial charge on any atom is -0.481 e. The summed E-state index contributed by atoms with van der Waals surface area (Å²) in [5.74, 6) is -1.11. The van der Waals surface area contributed by atoms with Crippen molar-refractivity contribution in [2.45, 2.75) is 72.5 Å². The SMILES string of the molecule is [2H]C([2H])C(=CCC(=O)O)CCCC(CCCC(C)C([2H])[2H])C([2H])[2H]. The van der Waals surface area contributed by atoms with Crippen LogP contribution in [0, 0.1) is 11.8 Å². The van der Waals surface area contributed by atoms with Gasteiger partial charge in [0.1, 0.15) is 0 Å². The Morgan fingerprint density at radius 1 is 1.28 bits per heavy atom. The zero-order chi connectivity index (χ0) is 18.7. The second-order valence-electron chi connectivity index (χ2n) is 4.94. The molecule has 0 radical (unpaired) electrons. The first-order valence-corrected chi connectivity index (χ1v) is 6.59. The van der Waals surface area contributed by atoms with Gasteiger partial charge in [0.2, 0.25) is 0 Å². The van der Waals surface area contributed by atoms with Crippen LogP contribution in [0.25, 0.3) is 0 Å². The smallest absolute Gasteiger partial charge is 0.307 e. The van der Waals surface area contributed by atoms with Crippen LogP contribution in [0.3, 0.4) is 0 Å². The molecule has 0 aliphatic rings. The molecule has 2 atom stereocenters. The molecule has 0 aliphatic carbocycles. The molecule has 0 bridgehead atoms. The highest BCUT2D eigenvalue weighted by molar-refractivity contribution is 5.68. The third kappa shape index (κ3) is 11.7. The van der Waals surface area contributed by atoms with Gasteiger partial charge in [-0.1, -0.05) is 58.0 Å². The summed E-state index contributed by atoms with van der Waals surface area (Å²) in [6.45, 7) is -1.12. The topological polar surface area (TPSA) is 37.3 Å². The molecule has 0 saturated heterocycles. The van der Waals surface area contributed by atoms with Crippen LogP contribution in [-0.2, 0) is 4.79 Å². The largest absolute Gasteiger partial charge is 0.481 e. The van der Waals surface area contributed by atoms with Gasteiger partial charge in [-0.2, -0.15) is 0 Å². The monoisotopic (exact) mass is 260 g/mol. The van der Waals surface area contributed by atoms with Gasteiger partial charge in [0.05, 0.1) is 6.42 Å². The number of carboxylic acids is 1. The second kappa shape index (κ2) is 10.2. The molecule has 0 spiro atoms.